The van der Waals surface area contributed by atoms with E-state index in [2.05, 4.69) is 4.98 Å². The molecule has 2 rings (SSSR count). The molecule has 14 heavy (non-hydrogen) atoms. The van der Waals surface area contributed by atoms with E-state index in [1.807, 2.05) is 31.2 Å². The van der Waals surface area contributed by atoms with E-state index in [-0.39, 0.29) is 5.56 Å². The van der Waals surface area contributed by atoms with Gasteiger partial charge in [-0.2, -0.15) is 0 Å². The minimum absolute atomic E-state index is 0.177. The van der Waals surface area contributed by atoms with Gasteiger partial charge in [-0.1, -0.05) is 24.3 Å². The highest BCUT2D eigenvalue weighted by Gasteiger charge is 2.07. The maximum absolute atomic E-state index is 11.5. The number of methoxy groups -OCH3 is 1. The predicted octanol–water partition coefficient (Wildman–Crippen LogP) is 1.85. The topological polar surface area (TPSA) is 42.1 Å². The fraction of sp³-hybridized carbons (Fsp3) is 0.182. The van der Waals surface area contributed by atoms with Crippen LogP contribution in [0.15, 0.2) is 29.1 Å². The van der Waals surface area contributed by atoms with Crippen LogP contribution in [-0.4, -0.2) is 12.1 Å². The molecule has 0 bridgehead atoms. The first kappa shape index (κ1) is 8.81. The summed E-state index contributed by atoms with van der Waals surface area (Å²) in [6.07, 6.45) is 0. The van der Waals surface area contributed by atoms with Crippen molar-refractivity contribution in [2.45, 2.75) is 6.92 Å². The van der Waals surface area contributed by atoms with Gasteiger partial charge in [-0.3, -0.25) is 4.79 Å². The fourth-order valence-electron chi connectivity index (χ4n) is 1.63. The zero-order chi connectivity index (χ0) is 10.1. The van der Waals surface area contributed by atoms with Crippen LogP contribution in [0.5, 0.6) is 5.75 Å². The second-order valence-electron chi connectivity index (χ2n) is 3.16. The molecule has 1 aromatic heterocycles. The Bertz CT molecular complexity index is 528. The third kappa shape index (κ3) is 1.18. The van der Waals surface area contributed by atoms with E-state index in [1.54, 1.807) is 0 Å². The molecule has 1 aromatic carbocycles. The van der Waals surface area contributed by atoms with E-state index < -0.39 is 0 Å². The number of aromatic amines is 1. The summed E-state index contributed by atoms with van der Waals surface area (Å²) in [4.78, 5) is 14.3. The maximum atomic E-state index is 11.5. The number of aryl methyl sites for hydroxylation is 1. The quantitative estimate of drug-likeness (QED) is 0.743. The average molecular weight is 189 g/mol. The Morgan fingerprint density at radius 2 is 1.86 bits per heavy atom. The van der Waals surface area contributed by atoms with Gasteiger partial charge in [0.25, 0.3) is 5.56 Å². The highest BCUT2D eigenvalue weighted by atomic mass is 16.5. The number of ether oxygens (including phenoxy) is 1. The SMILES string of the molecule is COc1c(=O)[nH]c(C)c2ccccc12. The van der Waals surface area contributed by atoms with Gasteiger partial charge < -0.3 is 9.72 Å². The van der Waals surface area contributed by atoms with Crippen molar-refractivity contribution in [1.29, 1.82) is 0 Å². The number of fused-ring (bicyclic) bond motifs is 1. The van der Waals surface area contributed by atoms with Gasteiger partial charge in [-0.05, 0) is 6.92 Å². The third-order valence-electron chi connectivity index (χ3n) is 2.29. The van der Waals surface area contributed by atoms with Crippen LogP contribution in [0, 0.1) is 6.92 Å². The largest absolute Gasteiger partial charge is 0.491 e. The molecule has 0 unspecified atom stereocenters. The van der Waals surface area contributed by atoms with E-state index >= 15 is 0 Å². The molecule has 3 nitrogen and oxygen atoms in total. The molecule has 0 saturated carbocycles. The Kier molecular flexibility index (Phi) is 2.00. The third-order valence-corrected chi connectivity index (χ3v) is 2.29. The number of rotatable bonds is 1. The lowest BCUT2D eigenvalue weighted by Gasteiger charge is -2.06. The van der Waals surface area contributed by atoms with Gasteiger partial charge in [-0.15, -0.1) is 0 Å². The first-order chi connectivity index (χ1) is 6.74. The molecular weight excluding hydrogens is 178 g/mol. The molecular formula is C11H11NO2. The second-order valence-corrected chi connectivity index (χ2v) is 3.16. The smallest absolute Gasteiger partial charge is 0.291 e. The Balaban J connectivity index is 2.98. The van der Waals surface area contributed by atoms with Gasteiger partial charge in [0.2, 0.25) is 0 Å². The monoisotopic (exact) mass is 189 g/mol. The molecule has 0 amide bonds. The van der Waals surface area contributed by atoms with Crippen molar-refractivity contribution in [2.24, 2.45) is 0 Å². The van der Waals surface area contributed by atoms with Crippen LogP contribution < -0.4 is 10.3 Å². The summed E-state index contributed by atoms with van der Waals surface area (Å²) in [6.45, 7) is 1.88. The molecule has 72 valence electrons. The lowest BCUT2D eigenvalue weighted by molar-refractivity contribution is 0.413. The first-order valence-electron chi connectivity index (χ1n) is 4.39. The Hall–Kier alpha value is -1.77. The molecule has 0 radical (unpaired) electrons. The standard InChI is InChI=1S/C11H11NO2/c1-7-8-5-3-4-6-9(8)10(14-2)11(13)12-7/h3-6H,1-2H3,(H,12,13). The normalized spacial score (nSPS) is 10.4. The van der Waals surface area contributed by atoms with Gasteiger partial charge in [0.15, 0.2) is 5.75 Å². The van der Waals surface area contributed by atoms with Gasteiger partial charge in [0.05, 0.1) is 7.11 Å². The highest BCUT2D eigenvalue weighted by Crippen LogP contribution is 2.22. The molecule has 1 N–H and O–H groups in total. The highest BCUT2D eigenvalue weighted by molar-refractivity contribution is 5.89. The number of hydrogen-bond donors (Lipinski definition) is 1. The van der Waals surface area contributed by atoms with Gasteiger partial charge in [-0.25, -0.2) is 0 Å². The van der Waals surface area contributed by atoms with Gasteiger partial charge >= 0.3 is 0 Å². The zero-order valence-corrected chi connectivity index (χ0v) is 8.13. The maximum Gasteiger partial charge on any atom is 0.291 e. The van der Waals surface area contributed by atoms with Crippen LogP contribution >= 0.6 is 0 Å². The minimum atomic E-state index is -0.177. The van der Waals surface area contributed by atoms with Crippen LogP contribution in [0.2, 0.25) is 0 Å². The number of pyridine rings is 1. The fourth-order valence-corrected chi connectivity index (χ4v) is 1.63. The Labute approximate surface area is 81.3 Å². The van der Waals surface area contributed by atoms with E-state index in [0.29, 0.717) is 5.75 Å². The molecule has 0 saturated heterocycles. The van der Waals surface area contributed by atoms with Crippen molar-refractivity contribution in [3.63, 3.8) is 0 Å². The van der Waals surface area contributed by atoms with Crippen molar-refractivity contribution in [3.8, 4) is 5.75 Å². The Morgan fingerprint density at radius 1 is 1.21 bits per heavy atom. The lowest BCUT2D eigenvalue weighted by Crippen LogP contribution is -2.10. The molecule has 0 aliphatic carbocycles. The molecule has 0 fully saturated rings. The summed E-state index contributed by atoms with van der Waals surface area (Å²) in [5.74, 6) is 0.381. The second kappa shape index (κ2) is 3.18. The number of H-pyrrole nitrogens is 1. The average Bonchev–Trinajstić information content (AvgIpc) is 2.18. The molecule has 2 aromatic rings. The molecule has 0 aliphatic heterocycles. The zero-order valence-electron chi connectivity index (χ0n) is 8.13. The molecule has 1 heterocycles. The van der Waals surface area contributed by atoms with Gasteiger partial charge in [0, 0.05) is 16.5 Å². The van der Waals surface area contributed by atoms with Crippen molar-refractivity contribution >= 4 is 10.8 Å². The number of benzene rings is 1. The number of aromatic nitrogens is 1. The van der Waals surface area contributed by atoms with Crippen LogP contribution in [0.1, 0.15) is 5.69 Å². The molecule has 0 spiro atoms. The minimum Gasteiger partial charge on any atom is -0.491 e. The predicted molar refractivity (Wildman–Crippen MR) is 55.9 cm³/mol. The van der Waals surface area contributed by atoms with Crippen LogP contribution in [0.4, 0.5) is 0 Å². The van der Waals surface area contributed by atoms with Crippen molar-refractivity contribution in [2.75, 3.05) is 7.11 Å². The van der Waals surface area contributed by atoms with E-state index in [0.717, 1.165) is 16.5 Å². The summed E-state index contributed by atoms with van der Waals surface area (Å²) >= 11 is 0. The van der Waals surface area contributed by atoms with E-state index in [1.165, 1.54) is 7.11 Å². The molecule has 0 atom stereocenters. The summed E-state index contributed by atoms with van der Waals surface area (Å²) in [7, 11) is 1.51. The van der Waals surface area contributed by atoms with Gasteiger partial charge in [0.1, 0.15) is 0 Å². The van der Waals surface area contributed by atoms with Crippen LogP contribution in [0.25, 0.3) is 10.8 Å². The van der Waals surface area contributed by atoms with Crippen molar-refractivity contribution in [3.05, 3.63) is 40.3 Å². The summed E-state index contributed by atoms with van der Waals surface area (Å²) < 4.78 is 5.07. The number of hydrogen-bond acceptors (Lipinski definition) is 2. The lowest BCUT2D eigenvalue weighted by atomic mass is 10.1. The summed E-state index contributed by atoms with van der Waals surface area (Å²) in [6, 6.07) is 7.68. The van der Waals surface area contributed by atoms with Crippen LogP contribution in [0.3, 0.4) is 0 Å². The number of nitrogens with one attached hydrogen (secondary N) is 1. The summed E-state index contributed by atoms with van der Waals surface area (Å²) in [5.41, 5.74) is 0.690. The van der Waals surface area contributed by atoms with Crippen LogP contribution in [-0.2, 0) is 0 Å². The van der Waals surface area contributed by atoms with E-state index in [9.17, 15) is 4.79 Å². The van der Waals surface area contributed by atoms with Crippen molar-refractivity contribution in [1.82, 2.24) is 4.98 Å². The van der Waals surface area contributed by atoms with Crippen molar-refractivity contribution < 1.29 is 4.74 Å². The summed E-state index contributed by atoms with van der Waals surface area (Å²) in [5, 5.41) is 1.88. The first-order valence-corrected chi connectivity index (χ1v) is 4.39. The Morgan fingerprint density at radius 3 is 2.50 bits per heavy atom. The van der Waals surface area contributed by atoms with E-state index in [4.69, 9.17) is 4.74 Å². The molecule has 3 heteroatoms. The molecule has 0 aliphatic rings.